The van der Waals surface area contributed by atoms with E-state index in [1.165, 1.54) is 0 Å². The lowest BCUT2D eigenvalue weighted by molar-refractivity contribution is 0.0947. The predicted molar refractivity (Wildman–Crippen MR) is 68.2 cm³/mol. The molecule has 0 spiro atoms. The molecule has 2 atom stereocenters. The van der Waals surface area contributed by atoms with Gasteiger partial charge < -0.3 is 9.47 Å². The van der Waals surface area contributed by atoms with Gasteiger partial charge in [-0.3, -0.25) is 0 Å². The highest BCUT2D eigenvalue weighted by Crippen LogP contribution is 2.32. The highest BCUT2D eigenvalue weighted by Gasteiger charge is 2.26. The van der Waals surface area contributed by atoms with Gasteiger partial charge >= 0.3 is 0 Å². The topological polar surface area (TPSA) is 18.5 Å². The molecule has 0 radical (unpaired) electrons. The van der Waals surface area contributed by atoms with Crippen molar-refractivity contribution in [3.8, 4) is 5.75 Å². The molecule has 0 heterocycles. The van der Waals surface area contributed by atoms with Crippen molar-refractivity contribution in [3.05, 3.63) is 27.7 Å². The Morgan fingerprint density at radius 3 is 2.75 bits per heavy atom. The molecule has 1 fully saturated rings. The summed E-state index contributed by atoms with van der Waals surface area (Å²) < 4.78 is 12.2. The molecular formula is C12H14BrClO2. The van der Waals surface area contributed by atoms with Crippen LogP contribution in [0.25, 0.3) is 0 Å². The van der Waals surface area contributed by atoms with Crippen molar-refractivity contribution in [1.29, 1.82) is 0 Å². The predicted octanol–water partition coefficient (Wildman–Crippen LogP) is 4.05. The van der Waals surface area contributed by atoms with Crippen LogP contribution in [-0.2, 0) is 4.74 Å². The third kappa shape index (κ3) is 2.90. The van der Waals surface area contributed by atoms with Gasteiger partial charge in [-0.2, -0.15) is 0 Å². The lowest BCUT2D eigenvalue weighted by Gasteiger charge is -2.15. The van der Waals surface area contributed by atoms with Gasteiger partial charge in [-0.15, -0.1) is 0 Å². The maximum absolute atomic E-state index is 6.07. The van der Waals surface area contributed by atoms with E-state index in [4.69, 9.17) is 21.1 Å². The minimum absolute atomic E-state index is 0.219. The Labute approximate surface area is 109 Å². The molecule has 2 rings (SSSR count). The van der Waals surface area contributed by atoms with Crippen LogP contribution in [0.2, 0.25) is 5.02 Å². The summed E-state index contributed by atoms with van der Waals surface area (Å²) >= 11 is 9.48. The van der Waals surface area contributed by atoms with Crippen LogP contribution in [0.1, 0.15) is 19.3 Å². The molecule has 2 nitrogen and oxygen atoms in total. The third-order valence-corrected chi connectivity index (χ3v) is 3.66. The summed E-state index contributed by atoms with van der Waals surface area (Å²) in [6, 6.07) is 5.65. The SMILES string of the molecule is CO[C@@H]1CC[C@H](Oc2cc(Br)ccc2Cl)C1. The molecule has 16 heavy (non-hydrogen) atoms. The second kappa shape index (κ2) is 5.39. The van der Waals surface area contributed by atoms with Gasteiger partial charge in [-0.25, -0.2) is 0 Å². The molecular weight excluding hydrogens is 291 g/mol. The van der Waals surface area contributed by atoms with Gasteiger partial charge in [0, 0.05) is 18.0 Å². The number of hydrogen-bond donors (Lipinski definition) is 0. The number of ether oxygens (including phenoxy) is 2. The number of halogens is 2. The largest absolute Gasteiger partial charge is 0.489 e. The molecule has 0 saturated heterocycles. The van der Waals surface area contributed by atoms with E-state index in [2.05, 4.69) is 15.9 Å². The van der Waals surface area contributed by atoms with E-state index in [1.54, 1.807) is 7.11 Å². The van der Waals surface area contributed by atoms with E-state index in [0.717, 1.165) is 29.5 Å². The fourth-order valence-electron chi connectivity index (χ4n) is 1.97. The maximum atomic E-state index is 6.07. The number of benzene rings is 1. The summed E-state index contributed by atoms with van der Waals surface area (Å²) in [5.41, 5.74) is 0. The Bertz CT molecular complexity index is 370. The van der Waals surface area contributed by atoms with Crippen molar-refractivity contribution in [2.45, 2.75) is 31.5 Å². The van der Waals surface area contributed by atoms with Gasteiger partial charge in [-0.1, -0.05) is 27.5 Å². The Balaban J connectivity index is 2.01. The molecule has 1 aliphatic carbocycles. The van der Waals surface area contributed by atoms with Gasteiger partial charge in [0.2, 0.25) is 0 Å². The fraction of sp³-hybridized carbons (Fsp3) is 0.500. The number of methoxy groups -OCH3 is 1. The Hall–Kier alpha value is -0.250. The van der Waals surface area contributed by atoms with E-state index in [1.807, 2.05) is 18.2 Å². The van der Waals surface area contributed by atoms with Crippen molar-refractivity contribution >= 4 is 27.5 Å². The molecule has 0 aromatic heterocycles. The van der Waals surface area contributed by atoms with Crippen molar-refractivity contribution in [2.75, 3.05) is 7.11 Å². The molecule has 88 valence electrons. The highest BCUT2D eigenvalue weighted by molar-refractivity contribution is 9.10. The monoisotopic (exact) mass is 304 g/mol. The highest BCUT2D eigenvalue weighted by atomic mass is 79.9. The zero-order valence-corrected chi connectivity index (χ0v) is 11.4. The lowest BCUT2D eigenvalue weighted by Crippen LogP contribution is -2.14. The molecule has 0 N–H and O–H groups in total. The first-order valence-electron chi connectivity index (χ1n) is 5.33. The Morgan fingerprint density at radius 2 is 2.06 bits per heavy atom. The Morgan fingerprint density at radius 1 is 1.31 bits per heavy atom. The zero-order valence-electron chi connectivity index (χ0n) is 9.08. The van der Waals surface area contributed by atoms with E-state index >= 15 is 0 Å². The zero-order chi connectivity index (χ0) is 11.5. The number of hydrogen-bond acceptors (Lipinski definition) is 2. The molecule has 0 bridgehead atoms. The van der Waals surface area contributed by atoms with Gasteiger partial charge in [0.25, 0.3) is 0 Å². The van der Waals surface area contributed by atoms with Crippen LogP contribution in [0.4, 0.5) is 0 Å². The standard InChI is InChI=1S/C12H14BrClO2/c1-15-9-3-4-10(7-9)16-12-6-8(13)2-5-11(12)14/h2,5-6,9-10H,3-4,7H2,1H3/t9-,10+/m1/s1. The molecule has 0 aliphatic heterocycles. The van der Waals surface area contributed by atoms with Crippen LogP contribution < -0.4 is 4.74 Å². The first kappa shape index (κ1) is 12.2. The van der Waals surface area contributed by atoms with Crippen LogP contribution in [0.5, 0.6) is 5.75 Å². The third-order valence-electron chi connectivity index (χ3n) is 2.86. The van der Waals surface area contributed by atoms with Crippen molar-refractivity contribution < 1.29 is 9.47 Å². The summed E-state index contributed by atoms with van der Waals surface area (Å²) in [7, 11) is 1.75. The van der Waals surface area contributed by atoms with Crippen molar-refractivity contribution in [2.24, 2.45) is 0 Å². The summed E-state index contributed by atoms with van der Waals surface area (Å²) in [6.07, 6.45) is 3.58. The van der Waals surface area contributed by atoms with Gasteiger partial charge in [0.15, 0.2) is 0 Å². The maximum Gasteiger partial charge on any atom is 0.139 e. The minimum atomic E-state index is 0.219. The fourth-order valence-corrected chi connectivity index (χ4v) is 2.47. The van der Waals surface area contributed by atoms with E-state index in [0.29, 0.717) is 11.1 Å². The second-order valence-electron chi connectivity index (χ2n) is 3.99. The average Bonchev–Trinajstić information content (AvgIpc) is 2.71. The lowest BCUT2D eigenvalue weighted by atomic mass is 10.3. The number of rotatable bonds is 3. The van der Waals surface area contributed by atoms with E-state index in [-0.39, 0.29) is 6.10 Å². The van der Waals surface area contributed by atoms with Crippen molar-refractivity contribution in [3.63, 3.8) is 0 Å². The van der Waals surface area contributed by atoms with Crippen LogP contribution in [0.15, 0.2) is 22.7 Å². The van der Waals surface area contributed by atoms with Gasteiger partial charge in [0.1, 0.15) is 11.9 Å². The molecule has 4 heteroatoms. The van der Waals surface area contributed by atoms with Gasteiger partial charge in [-0.05, 0) is 31.0 Å². The molecule has 1 aromatic rings. The molecule has 0 amide bonds. The van der Waals surface area contributed by atoms with Crippen LogP contribution in [-0.4, -0.2) is 19.3 Å². The normalized spacial score (nSPS) is 24.7. The van der Waals surface area contributed by atoms with Crippen molar-refractivity contribution in [1.82, 2.24) is 0 Å². The molecule has 1 aliphatic rings. The van der Waals surface area contributed by atoms with E-state index in [9.17, 15) is 0 Å². The first-order valence-corrected chi connectivity index (χ1v) is 6.50. The van der Waals surface area contributed by atoms with Crippen LogP contribution in [0, 0.1) is 0 Å². The molecule has 1 saturated carbocycles. The van der Waals surface area contributed by atoms with Crippen LogP contribution >= 0.6 is 27.5 Å². The summed E-state index contributed by atoms with van der Waals surface area (Å²) in [5.74, 6) is 0.748. The smallest absolute Gasteiger partial charge is 0.139 e. The summed E-state index contributed by atoms with van der Waals surface area (Å²) in [5, 5.41) is 0.657. The summed E-state index contributed by atoms with van der Waals surface area (Å²) in [4.78, 5) is 0. The average molecular weight is 306 g/mol. The first-order chi connectivity index (χ1) is 7.69. The quantitative estimate of drug-likeness (QED) is 0.839. The molecule has 1 aromatic carbocycles. The van der Waals surface area contributed by atoms with Gasteiger partial charge in [0.05, 0.1) is 11.1 Å². The molecule has 0 unspecified atom stereocenters. The second-order valence-corrected chi connectivity index (χ2v) is 5.31. The van der Waals surface area contributed by atoms with Crippen LogP contribution in [0.3, 0.4) is 0 Å². The summed E-state index contributed by atoms with van der Waals surface area (Å²) in [6.45, 7) is 0. The Kier molecular flexibility index (Phi) is 4.11. The minimum Gasteiger partial charge on any atom is -0.489 e. The van der Waals surface area contributed by atoms with E-state index < -0.39 is 0 Å².